The topological polar surface area (TPSA) is 37.3 Å². The Morgan fingerprint density at radius 3 is 2.53 bits per heavy atom. The molecule has 0 bridgehead atoms. The Bertz CT molecular complexity index is 219. The smallest absolute Gasteiger partial charge is 0.119 e. The lowest BCUT2D eigenvalue weighted by Crippen LogP contribution is -2.00. The molecule has 1 atom stereocenters. The summed E-state index contributed by atoms with van der Waals surface area (Å²) in [4.78, 5) is 10.1. The van der Waals surface area contributed by atoms with Crippen molar-refractivity contribution in [3.63, 3.8) is 0 Å². The second kappa shape index (κ2) is 13.2. The molecule has 17 heavy (non-hydrogen) atoms. The molecule has 0 aliphatic heterocycles. The van der Waals surface area contributed by atoms with E-state index in [1.54, 1.807) is 0 Å². The van der Waals surface area contributed by atoms with Crippen molar-refractivity contribution in [2.75, 3.05) is 0 Å². The average molecular weight is 238 g/mol. The minimum absolute atomic E-state index is 0.304. The standard InChI is InChI=1S/C15H26O2/c1-2-3-9-12-15(17)13-10-7-5-4-6-8-11-14-16/h5,7,10,13-15,17H,2-4,6,8-9,11-12H2,1H3/b7-5-,13-10+. The molecule has 0 spiro atoms. The summed E-state index contributed by atoms with van der Waals surface area (Å²) in [6, 6.07) is 0. The van der Waals surface area contributed by atoms with Crippen LogP contribution in [0.3, 0.4) is 0 Å². The van der Waals surface area contributed by atoms with Crippen LogP contribution in [0, 0.1) is 0 Å². The fourth-order valence-electron chi connectivity index (χ4n) is 1.56. The van der Waals surface area contributed by atoms with Crippen molar-refractivity contribution in [1.82, 2.24) is 0 Å². The molecule has 0 aliphatic carbocycles. The lowest BCUT2D eigenvalue weighted by molar-refractivity contribution is -0.107. The zero-order chi connectivity index (χ0) is 12.8. The Balaban J connectivity index is 3.43. The molecule has 0 rings (SSSR count). The van der Waals surface area contributed by atoms with Crippen molar-refractivity contribution in [1.29, 1.82) is 0 Å². The van der Waals surface area contributed by atoms with E-state index in [9.17, 15) is 9.90 Å². The first-order valence-corrected chi connectivity index (χ1v) is 6.76. The van der Waals surface area contributed by atoms with Gasteiger partial charge in [-0.1, -0.05) is 50.5 Å². The monoisotopic (exact) mass is 238 g/mol. The summed E-state index contributed by atoms with van der Waals surface area (Å²) in [5.74, 6) is 0. The fourth-order valence-corrected chi connectivity index (χ4v) is 1.56. The molecule has 1 N–H and O–H groups in total. The first-order valence-electron chi connectivity index (χ1n) is 6.76. The molecule has 0 aromatic heterocycles. The Labute approximate surface area is 105 Å². The maximum absolute atomic E-state index is 10.1. The van der Waals surface area contributed by atoms with Gasteiger partial charge in [0.05, 0.1) is 6.10 Å². The van der Waals surface area contributed by atoms with Gasteiger partial charge in [-0.25, -0.2) is 0 Å². The number of carbonyl (C=O) groups excluding carboxylic acids is 1. The van der Waals surface area contributed by atoms with Gasteiger partial charge in [-0.05, 0) is 25.7 Å². The zero-order valence-corrected chi connectivity index (χ0v) is 11.0. The zero-order valence-electron chi connectivity index (χ0n) is 11.0. The molecule has 0 saturated carbocycles. The van der Waals surface area contributed by atoms with Gasteiger partial charge in [0.25, 0.3) is 0 Å². The van der Waals surface area contributed by atoms with Crippen LogP contribution < -0.4 is 0 Å². The number of aliphatic hydroxyl groups excluding tert-OH is 1. The van der Waals surface area contributed by atoms with Crippen LogP contribution in [-0.4, -0.2) is 17.5 Å². The van der Waals surface area contributed by atoms with Crippen LogP contribution in [0.1, 0.15) is 58.3 Å². The number of aldehydes is 1. The largest absolute Gasteiger partial charge is 0.389 e. The van der Waals surface area contributed by atoms with Gasteiger partial charge in [0.1, 0.15) is 6.29 Å². The van der Waals surface area contributed by atoms with Crippen molar-refractivity contribution < 1.29 is 9.90 Å². The minimum Gasteiger partial charge on any atom is -0.389 e. The molecule has 0 saturated heterocycles. The summed E-state index contributed by atoms with van der Waals surface area (Å²) >= 11 is 0. The highest BCUT2D eigenvalue weighted by molar-refractivity contribution is 5.48. The Hall–Kier alpha value is -0.890. The molecule has 0 amide bonds. The second-order valence-electron chi connectivity index (χ2n) is 4.33. The van der Waals surface area contributed by atoms with Crippen LogP contribution in [0.2, 0.25) is 0 Å². The summed E-state index contributed by atoms with van der Waals surface area (Å²) in [5, 5.41) is 9.59. The first kappa shape index (κ1) is 16.1. The Kier molecular flexibility index (Phi) is 12.5. The quantitative estimate of drug-likeness (QED) is 0.338. The van der Waals surface area contributed by atoms with E-state index < -0.39 is 0 Å². The molecule has 0 fully saturated rings. The molecule has 2 heteroatoms. The third-order valence-corrected chi connectivity index (χ3v) is 2.63. The molecule has 1 unspecified atom stereocenters. The van der Waals surface area contributed by atoms with Crippen LogP contribution in [0.25, 0.3) is 0 Å². The highest BCUT2D eigenvalue weighted by Gasteiger charge is 1.96. The van der Waals surface area contributed by atoms with Crippen molar-refractivity contribution in [3.8, 4) is 0 Å². The van der Waals surface area contributed by atoms with Crippen LogP contribution >= 0.6 is 0 Å². The van der Waals surface area contributed by atoms with E-state index in [0.29, 0.717) is 6.42 Å². The van der Waals surface area contributed by atoms with Crippen molar-refractivity contribution in [3.05, 3.63) is 24.3 Å². The molecular formula is C15H26O2. The van der Waals surface area contributed by atoms with Gasteiger partial charge >= 0.3 is 0 Å². The van der Waals surface area contributed by atoms with Gasteiger partial charge in [0.2, 0.25) is 0 Å². The van der Waals surface area contributed by atoms with Crippen LogP contribution in [0.5, 0.6) is 0 Å². The SMILES string of the molecule is CCCCCC(O)/C=C/C=C\CCCCC=O. The molecule has 2 nitrogen and oxygen atoms in total. The summed E-state index contributed by atoms with van der Waals surface area (Å²) in [5.41, 5.74) is 0. The van der Waals surface area contributed by atoms with E-state index in [4.69, 9.17) is 0 Å². The van der Waals surface area contributed by atoms with Gasteiger partial charge in [-0.3, -0.25) is 0 Å². The number of carbonyl (C=O) groups is 1. The van der Waals surface area contributed by atoms with Crippen LogP contribution in [0.15, 0.2) is 24.3 Å². The van der Waals surface area contributed by atoms with Gasteiger partial charge in [0.15, 0.2) is 0 Å². The highest BCUT2D eigenvalue weighted by atomic mass is 16.3. The number of hydrogen-bond acceptors (Lipinski definition) is 2. The molecular weight excluding hydrogens is 212 g/mol. The summed E-state index contributed by atoms with van der Waals surface area (Å²) in [7, 11) is 0. The Morgan fingerprint density at radius 1 is 1.06 bits per heavy atom. The lowest BCUT2D eigenvalue weighted by Gasteiger charge is -2.02. The molecule has 0 aromatic carbocycles. The van der Waals surface area contributed by atoms with Gasteiger partial charge < -0.3 is 9.90 Å². The van der Waals surface area contributed by atoms with Gasteiger partial charge in [0, 0.05) is 6.42 Å². The normalized spacial score (nSPS) is 13.5. The summed E-state index contributed by atoms with van der Waals surface area (Å²) in [6.45, 7) is 2.16. The molecule has 0 aliphatic rings. The van der Waals surface area contributed by atoms with E-state index >= 15 is 0 Å². The highest BCUT2D eigenvalue weighted by Crippen LogP contribution is 2.04. The van der Waals surface area contributed by atoms with Crippen molar-refractivity contribution in [2.24, 2.45) is 0 Å². The third-order valence-electron chi connectivity index (χ3n) is 2.63. The number of hydrogen-bond donors (Lipinski definition) is 1. The molecule has 0 heterocycles. The predicted molar refractivity (Wildman–Crippen MR) is 73.0 cm³/mol. The molecule has 0 radical (unpaired) electrons. The fraction of sp³-hybridized carbons (Fsp3) is 0.667. The van der Waals surface area contributed by atoms with E-state index in [0.717, 1.165) is 38.4 Å². The summed E-state index contributed by atoms with van der Waals surface area (Å²) < 4.78 is 0. The van der Waals surface area contributed by atoms with Gasteiger partial charge in [-0.15, -0.1) is 0 Å². The van der Waals surface area contributed by atoms with E-state index in [1.807, 2.05) is 18.2 Å². The van der Waals surface area contributed by atoms with Crippen LogP contribution in [-0.2, 0) is 4.79 Å². The predicted octanol–water partition coefficient (Wildman–Crippen LogP) is 3.80. The van der Waals surface area contributed by atoms with E-state index in [-0.39, 0.29) is 6.10 Å². The number of allylic oxidation sites excluding steroid dienone is 3. The van der Waals surface area contributed by atoms with Gasteiger partial charge in [-0.2, -0.15) is 0 Å². The lowest BCUT2D eigenvalue weighted by atomic mass is 10.1. The maximum atomic E-state index is 10.1. The third kappa shape index (κ3) is 13.0. The van der Waals surface area contributed by atoms with E-state index in [1.165, 1.54) is 12.8 Å². The minimum atomic E-state index is -0.304. The van der Waals surface area contributed by atoms with Crippen LogP contribution in [0.4, 0.5) is 0 Å². The summed E-state index contributed by atoms with van der Waals surface area (Å²) in [6.07, 6.45) is 16.5. The van der Waals surface area contributed by atoms with Crippen molar-refractivity contribution >= 4 is 6.29 Å². The molecule has 98 valence electrons. The second-order valence-corrected chi connectivity index (χ2v) is 4.33. The number of unbranched alkanes of at least 4 members (excludes halogenated alkanes) is 5. The van der Waals surface area contributed by atoms with Crippen molar-refractivity contribution in [2.45, 2.75) is 64.4 Å². The number of aliphatic hydroxyl groups is 1. The molecule has 0 aromatic rings. The Morgan fingerprint density at radius 2 is 1.82 bits per heavy atom. The average Bonchev–Trinajstić information content (AvgIpc) is 2.33. The van der Waals surface area contributed by atoms with E-state index in [2.05, 4.69) is 13.0 Å². The number of rotatable bonds is 11. The first-order chi connectivity index (χ1) is 8.31. The maximum Gasteiger partial charge on any atom is 0.119 e.